The highest BCUT2D eigenvalue weighted by Gasteiger charge is 2.23. The fraction of sp³-hybridized carbons (Fsp3) is 0.375. The van der Waals surface area contributed by atoms with E-state index in [1.54, 1.807) is 18.9 Å². The Bertz CT molecular complexity index is 1500. The Kier molecular flexibility index (Phi) is 11.3. The number of ether oxygens (including phenoxy) is 2. The third-order valence-corrected chi connectivity index (χ3v) is 6.22. The van der Waals surface area contributed by atoms with E-state index in [4.69, 9.17) is 19.0 Å². The van der Waals surface area contributed by atoms with Crippen molar-refractivity contribution >= 4 is 23.2 Å². The topological polar surface area (TPSA) is 135 Å². The second-order valence-corrected chi connectivity index (χ2v) is 10.6. The van der Waals surface area contributed by atoms with Gasteiger partial charge in [-0.2, -0.15) is 0 Å². The number of piperidine rings is 1. The molecule has 1 amide bonds. The first-order valence-electron chi connectivity index (χ1n) is 13.9. The minimum absolute atomic E-state index is 0.160. The van der Waals surface area contributed by atoms with Crippen LogP contribution in [0.25, 0.3) is 33.6 Å². The van der Waals surface area contributed by atoms with Crippen molar-refractivity contribution in [3.63, 3.8) is 0 Å². The Labute approximate surface area is 245 Å². The summed E-state index contributed by atoms with van der Waals surface area (Å²) in [6, 6.07) is 17.2. The zero-order valence-electron chi connectivity index (χ0n) is 24.8. The van der Waals surface area contributed by atoms with Crippen molar-refractivity contribution in [3.8, 4) is 28.2 Å². The first-order chi connectivity index (χ1) is 20.0. The number of furan rings is 1. The van der Waals surface area contributed by atoms with Gasteiger partial charge in [-0.1, -0.05) is 49.4 Å². The van der Waals surface area contributed by atoms with Crippen LogP contribution >= 0.6 is 0 Å². The SMILES string of the molecule is CC(C)(C)OC(=O)N1CCCCC1.CCC(=O)O.COc1ccc(-c2c(-c3ccccc3)oc3nc[nH]c(=O)c23)cc1. The number of amides is 1. The molecule has 4 aromatic rings. The molecule has 1 fully saturated rings. The summed E-state index contributed by atoms with van der Waals surface area (Å²) in [4.78, 5) is 41.8. The molecule has 1 aliphatic rings. The lowest BCUT2D eigenvalue weighted by atomic mass is 9.99. The normalized spacial score (nSPS) is 12.8. The maximum atomic E-state index is 12.4. The van der Waals surface area contributed by atoms with Crippen molar-refractivity contribution in [3.05, 3.63) is 71.3 Å². The number of aromatic amines is 1. The Morgan fingerprint density at radius 1 is 1.00 bits per heavy atom. The predicted molar refractivity (Wildman–Crippen MR) is 162 cm³/mol. The Hall–Kier alpha value is -4.60. The van der Waals surface area contributed by atoms with Gasteiger partial charge in [0.25, 0.3) is 5.56 Å². The third kappa shape index (κ3) is 8.95. The van der Waals surface area contributed by atoms with Gasteiger partial charge in [0.2, 0.25) is 5.71 Å². The van der Waals surface area contributed by atoms with E-state index < -0.39 is 5.97 Å². The molecule has 0 spiro atoms. The van der Waals surface area contributed by atoms with Crippen molar-refractivity contribution in [2.75, 3.05) is 20.2 Å². The van der Waals surface area contributed by atoms with Gasteiger partial charge >= 0.3 is 12.1 Å². The average Bonchev–Trinajstić information content (AvgIpc) is 3.39. The number of nitrogens with zero attached hydrogens (tertiary/aromatic N) is 2. The van der Waals surface area contributed by atoms with E-state index in [1.165, 1.54) is 12.7 Å². The van der Waals surface area contributed by atoms with E-state index in [9.17, 15) is 14.4 Å². The van der Waals surface area contributed by atoms with Crippen molar-refractivity contribution in [2.24, 2.45) is 0 Å². The van der Waals surface area contributed by atoms with Crippen LogP contribution in [0.15, 0.2) is 70.1 Å². The maximum Gasteiger partial charge on any atom is 0.410 e. The van der Waals surface area contributed by atoms with E-state index in [1.807, 2.05) is 75.4 Å². The lowest BCUT2D eigenvalue weighted by Gasteiger charge is -2.29. The fourth-order valence-electron chi connectivity index (χ4n) is 4.17. The molecule has 2 N–H and O–H groups in total. The Morgan fingerprint density at radius 2 is 1.62 bits per heavy atom. The number of carboxylic acid groups (broad SMARTS) is 1. The number of hydrogen-bond acceptors (Lipinski definition) is 7. The molecule has 0 saturated carbocycles. The summed E-state index contributed by atoms with van der Waals surface area (Å²) >= 11 is 0. The number of rotatable bonds is 4. The zero-order chi connectivity index (χ0) is 30.7. The van der Waals surface area contributed by atoms with Crippen LogP contribution in [-0.2, 0) is 9.53 Å². The monoisotopic (exact) mass is 577 g/mol. The van der Waals surface area contributed by atoms with Crippen LogP contribution in [0.1, 0.15) is 53.4 Å². The summed E-state index contributed by atoms with van der Waals surface area (Å²) in [6.45, 7) is 9.00. The van der Waals surface area contributed by atoms with Gasteiger partial charge in [0, 0.05) is 30.6 Å². The fourth-order valence-corrected chi connectivity index (χ4v) is 4.17. The van der Waals surface area contributed by atoms with Gasteiger partial charge in [0.05, 0.1) is 13.4 Å². The number of methoxy groups -OCH3 is 1. The second-order valence-electron chi connectivity index (χ2n) is 10.6. The molecule has 0 radical (unpaired) electrons. The molecule has 2 aromatic heterocycles. The molecule has 5 rings (SSSR count). The van der Waals surface area contributed by atoms with E-state index >= 15 is 0 Å². The summed E-state index contributed by atoms with van der Waals surface area (Å²) in [5, 5.41) is 8.17. The van der Waals surface area contributed by atoms with Crippen molar-refractivity contribution < 1.29 is 28.6 Å². The molecule has 2 aromatic carbocycles. The first kappa shape index (κ1) is 31.9. The van der Waals surface area contributed by atoms with Gasteiger partial charge < -0.3 is 28.9 Å². The number of carbonyl (C=O) groups is 2. The van der Waals surface area contributed by atoms with E-state index in [0.717, 1.165) is 48.4 Å². The van der Waals surface area contributed by atoms with Gasteiger partial charge in [-0.15, -0.1) is 0 Å². The lowest BCUT2D eigenvalue weighted by Crippen LogP contribution is -2.39. The number of aromatic nitrogens is 2. The minimum Gasteiger partial charge on any atom is -0.497 e. The molecule has 1 aliphatic heterocycles. The smallest absolute Gasteiger partial charge is 0.410 e. The highest BCUT2D eigenvalue weighted by molar-refractivity contribution is 5.99. The van der Waals surface area contributed by atoms with Crippen LogP contribution in [0, 0.1) is 0 Å². The maximum absolute atomic E-state index is 12.4. The average molecular weight is 578 g/mol. The van der Waals surface area contributed by atoms with Crippen LogP contribution in [0.4, 0.5) is 4.79 Å². The van der Waals surface area contributed by atoms with Gasteiger partial charge in [0.15, 0.2) is 0 Å². The van der Waals surface area contributed by atoms with Crippen LogP contribution in [0.5, 0.6) is 5.75 Å². The largest absolute Gasteiger partial charge is 0.497 e. The summed E-state index contributed by atoms with van der Waals surface area (Å²) in [5.74, 6) is 0.629. The van der Waals surface area contributed by atoms with Gasteiger partial charge in [-0.05, 0) is 57.7 Å². The molecule has 42 heavy (non-hydrogen) atoms. The number of aliphatic carboxylic acids is 1. The minimum atomic E-state index is -0.745. The summed E-state index contributed by atoms with van der Waals surface area (Å²) in [7, 11) is 1.62. The van der Waals surface area contributed by atoms with Crippen LogP contribution in [0.3, 0.4) is 0 Å². The number of H-pyrrole nitrogens is 1. The van der Waals surface area contributed by atoms with Crippen molar-refractivity contribution in [1.29, 1.82) is 0 Å². The Morgan fingerprint density at radius 3 is 2.17 bits per heavy atom. The summed E-state index contributed by atoms with van der Waals surface area (Å²) in [5.41, 5.74) is 2.22. The molecule has 0 unspecified atom stereocenters. The number of fused-ring (bicyclic) bond motifs is 1. The molecule has 0 atom stereocenters. The molecule has 0 bridgehead atoms. The molecular formula is C32H39N3O7. The highest BCUT2D eigenvalue weighted by Crippen LogP contribution is 2.39. The summed E-state index contributed by atoms with van der Waals surface area (Å²) < 4.78 is 16.4. The second kappa shape index (κ2) is 14.9. The molecular weight excluding hydrogens is 538 g/mol. The number of carboxylic acids is 1. The van der Waals surface area contributed by atoms with Gasteiger partial charge in [-0.25, -0.2) is 9.78 Å². The number of nitrogens with one attached hydrogen (secondary N) is 1. The van der Waals surface area contributed by atoms with Crippen LogP contribution < -0.4 is 10.3 Å². The van der Waals surface area contributed by atoms with Crippen molar-refractivity contribution in [1.82, 2.24) is 14.9 Å². The number of benzene rings is 2. The summed E-state index contributed by atoms with van der Waals surface area (Å²) in [6.07, 6.45) is 4.87. The quantitative estimate of drug-likeness (QED) is 0.272. The van der Waals surface area contributed by atoms with E-state index in [2.05, 4.69) is 9.97 Å². The first-order valence-corrected chi connectivity index (χ1v) is 13.9. The van der Waals surface area contributed by atoms with E-state index in [-0.39, 0.29) is 23.7 Å². The number of likely N-dealkylation sites (tertiary alicyclic amines) is 1. The van der Waals surface area contributed by atoms with Crippen molar-refractivity contribution in [2.45, 2.75) is 59.0 Å². The zero-order valence-corrected chi connectivity index (χ0v) is 24.8. The van der Waals surface area contributed by atoms with Gasteiger partial charge in [-0.3, -0.25) is 9.59 Å². The molecule has 10 heteroatoms. The van der Waals surface area contributed by atoms with Crippen LogP contribution in [-0.4, -0.2) is 57.8 Å². The predicted octanol–water partition coefficient (Wildman–Crippen LogP) is 6.75. The van der Waals surface area contributed by atoms with Crippen LogP contribution in [0.2, 0.25) is 0 Å². The molecule has 10 nitrogen and oxygen atoms in total. The Balaban J connectivity index is 0.000000226. The highest BCUT2D eigenvalue weighted by atomic mass is 16.6. The van der Waals surface area contributed by atoms with Gasteiger partial charge in [0.1, 0.15) is 22.5 Å². The molecule has 3 heterocycles. The third-order valence-electron chi connectivity index (χ3n) is 6.22. The standard InChI is InChI=1S/C19H14N2O3.C10H19NO2.C3H6O2/c1-23-14-9-7-12(8-10-14)15-16-18(22)20-11-21-19(16)24-17(15)13-5-3-2-4-6-13;1-10(2,3)13-9(12)11-7-5-4-6-8-11;1-2-3(4)5/h2-11H,1H3,(H,20,21,22);4-8H2,1-3H3;2H2,1H3,(H,4,5). The molecule has 0 aliphatic carbocycles. The van der Waals surface area contributed by atoms with E-state index in [0.29, 0.717) is 16.9 Å². The number of hydrogen-bond donors (Lipinski definition) is 2. The molecule has 224 valence electrons. The number of carbonyl (C=O) groups excluding carboxylic acids is 1. The molecule has 1 saturated heterocycles. The lowest BCUT2D eigenvalue weighted by molar-refractivity contribution is -0.136.